The number of anilines is 1. The van der Waals surface area contributed by atoms with Gasteiger partial charge in [-0.15, -0.1) is 0 Å². The molecule has 2 saturated heterocycles. The quantitative estimate of drug-likeness (QED) is 0.800. The molecule has 0 saturated carbocycles. The van der Waals surface area contributed by atoms with Crippen molar-refractivity contribution in [2.24, 2.45) is 0 Å². The van der Waals surface area contributed by atoms with Gasteiger partial charge in [-0.1, -0.05) is 30.3 Å². The topological polar surface area (TPSA) is 61.4 Å². The summed E-state index contributed by atoms with van der Waals surface area (Å²) in [5, 5.41) is 6.29. The molecule has 3 amide bonds. The number of urea groups is 1. The first kappa shape index (κ1) is 19.5. The van der Waals surface area contributed by atoms with Gasteiger partial charge < -0.3 is 15.5 Å². The Labute approximate surface area is 172 Å². The minimum absolute atomic E-state index is 0.0103. The molecule has 2 atom stereocenters. The molecular formula is C24H29N3O2. The molecule has 0 unspecified atom stereocenters. The Kier molecular flexibility index (Phi) is 5.56. The van der Waals surface area contributed by atoms with Crippen molar-refractivity contribution in [2.45, 2.75) is 64.1 Å². The predicted molar refractivity (Wildman–Crippen MR) is 115 cm³/mol. The molecule has 5 nitrogen and oxygen atoms in total. The molecule has 0 aromatic heterocycles. The number of carbonyl (C=O) groups excluding carboxylic acids is 2. The van der Waals surface area contributed by atoms with E-state index in [9.17, 15) is 9.59 Å². The lowest BCUT2D eigenvalue weighted by molar-refractivity contribution is 0.0577. The lowest BCUT2D eigenvalue weighted by Crippen LogP contribution is -2.59. The fourth-order valence-corrected chi connectivity index (χ4v) is 4.83. The average molecular weight is 392 g/mol. The van der Waals surface area contributed by atoms with E-state index in [1.54, 1.807) is 0 Å². The summed E-state index contributed by atoms with van der Waals surface area (Å²) < 4.78 is 0. The van der Waals surface area contributed by atoms with Gasteiger partial charge in [0.2, 0.25) is 0 Å². The molecule has 0 radical (unpaired) electrons. The SMILES string of the molecule is Cc1cccc(NC(=O)N2[C@H]3CCC[C@H]2CC(NC(=O)c2ccccc2C)C3)c1. The molecule has 2 fully saturated rings. The molecule has 0 spiro atoms. The number of rotatable bonds is 3. The van der Waals surface area contributed by atoms with Gasteiger partial charge in [-0.3, -0.25) is 4.79 Å². The Bertz CT molecular complexity index is 897. The van der Waals surface area contributed by atoms with E-state index in [0.717, 1.165) is 54.5 Å². The molecule has 2 aromatic carbocycles. The van der Waals surface area contributed by atoms with Gasteiger partial charge in [-0.05, 0) is 75.3 Å². The zero-order valence-electron chi connectivity index (χ0n) is 17.2. The van der Waals surface area contributed by atoms with Crippen LogP contribution in [0, 0.1) is 13.8 Å². The number of carbonyl (C=O) groups is 2. The smallest absolute Gasteiger partial charge is 0.322 e. The van der Waals surface area contributed by atoms with E-state index in [2.05, 4.69) is 10.6 Å². The van der Waals surface area contributed by atoms with Gasteiger partial charge in [0.05, 0.1) is 0 Å². The van der Waals surface area contributed by atoms with E-state index in [-0.39, 0.29) is 30.1 Å². The fraction of sp³-hybridized carbons (Fsp3) is 0.417. The summed E-state index contributed by atoms with van der Waals surface area (Å²) in [7, 11) is 0. The van der Waals surface area contributed by atoms with Crippen molar-refractivity contribution in [1.29, 1.82) is 0 Å². The summed E-state index contributed by atoms with van der Waals surface area (Å²) in [5.74, 6) is -0.0103. The highest BCUT2D eigenvalue weighted by atomic mass is 16.2. The van der Waals surface area contributed by atoms with E-state index in [1.165, 1.54) is 0 Å². The highest BCUT2D eigenvalue weighted by Crippen LogP contribution is 2.34. The summed E-state index contributed by atoms with van der Waals surface area (Å²) in [4.78, 5) is 27.8. The summed E-state index contributed by atoms with van der Waals surface area (Å²) in [5.41, 5.74) is 3.68. The third-order valence-corrected chi connectivity index (χ3v) is 6.20. The average Bonchev–Trinajstić information content (AvgIpc) is 2.67. The minimum Gasteiger partial charge on any atom is -0.349 e. The zero-order chi connectivity index (χ0) is 20.4. The van der Waals surface area contributed by atoms with Crippen LogP contribution < -0.4 is 10.6 Å². The monoisotopic (exact) mass is 391 g/mol. The summed E-state index contributed by atoms with van der Waals surface area (Å²) in [6, 6.07) is 16.0. The van der Waals surface area contributed by atoms with Crippen molar-refractivity contribution in [2.75, 3.05) is 5.32 Å². The minimum atomic E-state index is -0.0195. The van der Waals surface area contributed by atoms with E-state index >= 15 is 0 Å². The van der Waals surface area contributed by atoms with Crippen molar-refractivity contribution < 1.29 is 9.59 Å². The van der Waals surface area contributed by atoms with Crippen LogP contribution in [0.15, 0.2) is 48.5 Å². The van der Waals surface area contributed by atoms with Crippen molar-refractivity contribution in [3.8, 4) is 0 Å². The van der Waals surface area contributed by atoms with Crippen LogP contribution in [0.25, 0.3) is 0 Å². The Balaban J connectivity index is 1.43. The van der Waals surface area contributed by atoms with Crippen LogP contribution in [0.3, 0.4) is 0 Å². The number of hydrogen-bond acceptors (Lipinski definition) is 2. The molecule has 2 aliphatic rings. The van der Waals surface area contributed by atoms with Gasteiger partial charge in [-0.2, -0.15) is 0 Å². The van der Waals surface area contributed by atoms with Crippen LogP contribution in [0.2, 0.25) is 0 Å². The lowest BCUT2D eigenvalue weighted by Gasteiger charge is -2.48. The number of nitrogens with zero attached hydrogens (tertiary/aromatic N) is 1. The van der Waals surface area contributed by atoms with E-state index in [0.29, 0.717) is 0 Å². The number of piperidine rings is 2. The molecule has 2 bridgehead atoms. The first-order valence-electron chi connectivity index (χ1n) is 10.5. The molecule has 5 heteroatoms. The van der Waals surface area contributed by atoms with E-state index in [1.807, 2.05) is 67.3 Å². The van der Waals surface area contributed by atoms with Gasteiger partial charge in [0.15, 0.2) is 0 Å². The zero-order valence-corrected chi connectivity index (χ0v) is 17.2. The Morgan fingerprint density at radius 1 is 0.966 bits per heavy atom. The lowest BCUT2D eigenvalue weighted by atomic mass is 9.82. The van der Waals surface area contributed by atoms with Crippen molar-refractivity contribution in [1.82, 2.24) is 10.2 Å². The van der Waals surface area contributed by atoms with Crippen LogP contribution in [-0.2, 0) is 0 Å². The maximum Gasteiger partial charge on any atom is 0.322 e. The van der Waals surface area contributed by atoms with E-state index in [4.69, 9.17) is 0 Å². The van der Waals surface area contributed by atoms with Gasteiger partial charge in [-0.25, -0.2) is 4.79 Å². The van der Waals surface area contributed by atoms with Crippen LogP contribution in [0.1, 0.15) is 53.6 Å². The van der Waals surface area contributed by atoms with Crippen LogP contribution in [-0.4, -0.2) is 35.0 Å². The van der Waals surface area contributed by atoms with Crippen molar-refractivity contribution >= 4 is 17.6 Å². The highest BCUT2D eigenvalue weighted by Gasteiger charge is 2.41. The maximum absolute atomic E-state index is 13.0. The first-order valence-corrected chi connectivity index (χ1v) is 10.5. The summed E-state index contributed by atoms with van der Waals surface area (Å²) >= 11 is 0. The molecule has 0 aliphatic carbocycles. The number of benzene rings is 2. The Morgan fingerprint density at radius 3 is 2.38 bits per heavy atom. The second-order valence-corrected chi connectivity index (χ2v) is 8.40. The largest absolute Gasteiger partial charge is 0.349 e. The first-order chi connectivity index (χ1) is 14.0. The normalized spacial score (nSPS) is 23.4. The van der Waals surface area contributed by atoms with Gasteiger partial charge in [0.25, 0.3) is 5.91 Å². The third-order valence-electron chi connectivity index (χ3n) is 6.20. The molecule has 2 aromatic rings. The second kappa shape index (κ2) is 8.27. The predicted octanol–water partition coefficient (Wildman–Crippen LogP) is 4.65. The molecular weight excluding hydrogens is 362 g/mol. The number of fused-ring (bicyclic) bond motifs is 2. The van der Waals surface area contributed by atoms with Crippen LogP contribution >= 0.6 is 0 Å². The van der Waals surface area contributed by atoms with Gasteiger partial charge in [0.1, 0.15) is 0 Å². The maximum atomic E-state index is 13.0. The summed E-state index contributed by atoms with van der Waals surface area (Å²) in [6.45, 7) is 3.98. The highest BCUT2D eigenvalue weighted by molar-refractivity contribution is 5.95. The van der Waals surface area contributed by atoms with Crippen molar-refractivity contribution in [3.63, 3.8) is 0 Å². The Hall–Kier alpha value is -2.82. The molecule has 2 aliphatic heterocycles. The van der Waals surface area contributed by atoms with E-state index < -0.39 is 0 Å². The van der Waals surface area contributed by atoms with Gasteiger partial charge in [0, 0.05) is 29.4 Å². The van der Waals surface area contributed by atoms with Gasteiger partial charge >= 0.3 is 6.03 Å². The summed E-state index contributed by atoms with van der Waals surface area (Å²) in [6.07, 6.45) is 4.76. The second-order valence-electron chi connectivity index (χ2n) is 8.40. The molecule has 29 heavy (non-hydrogen) atoms. The van der Waals surface area contributed by atoms with Crippen LogP contribution in [0.5, 0.6) is 0 Å². The third kappa shape index (κ3) is 4.29. The number of aryl methyl sites for hydroxylation is 2. The molecule has 2 N–H and O–H groups in total. The number of nitrogens with one attached hydrogen (secondary N) is 2. The fourth-order valence-electron chi connectivity index (χ4n) is 4.83. The molecule has 4 rings (SSSR count). The molecule has 2 heterocycles. The van der Waals surface area contributed by atoms with Crippen molar-refractivity contribution in [3.05, 3.63) is 65.2 Å². The number of hydrogen-bond donors (Lipinski definition) is 2. The van der Waals surface area contributed by atoms with Crippen LogP contribution in [0.4, 0.5) is 10.5 Å². The number of amides is 3. The molecule has 152 valence electrons. The Morgan fingerprint density at radius 2 is 1.69 bits per heavy atom. The standard InChI is InChI=1S/C24H29N3O2/c1-16-7-5-9-18(13-16)26-24(29)27-20-10-6-11-21(27)15-19(14-20)25-23(28)22-12-4-3-8-17(22)2/h3-5,7-9,12-13,19-21H,6,10-11,14-15H2,1-2H3,(H,25,28)(H,26,29)/t20-,21-/m0/s1.